The topological polar surface area (TPSA) is 76.1 Å². The normalized spacial score (nSPS) is 15.9. The summed E-state index contributed by atoms with van der Waals surface area (Å²) in [5.74, 6) is -0.318. The fraction of sp³-hybridized carbons (Fsp3) is 0.556. The van der Waals surface area contributed by atoms with Gasteiger partial charge >= 0.3 is 12.1 Å². The number of carbonyl (C=O) groups is 2. The van der Waals surface area contributed by atoms with Crippen LogP contribution in [-0.2, 0) is 4.74 Å². The molecule has 1 amide bonds. The second-order valence-electron chi connectivity index (χ2n) is 7.00. The van der Waals surface area contributed by atoms with Crippen LogP contribution in [0.25, 0.3) is 0 Å². The van der Waals surface area contributed by atoms with Gasteiger partial charge in [-0.05, 0) is 57.2 Å². The first kappa shape index (κ1) is 18.1. The maximum absolute atomic E-state index is 12.1. The molecule has 24 heavy (non-hydrogen) atoms. The summed E-state index contributed by atoms with van der Waals surface area (Å²) < 4.78 is 10.5. The number of carboxylic acid groups (broad SMARTS) is 1. The molecule has 0 unspecified atom stereocenters. The Hall–Kier alpha value is -2.24. The van der Waals surface area contributed by atoms with E-state index in [0.29, 0.717) is 31.7 Å². The van der Waals surface area contributed by atoms with Crippen LogP contribution in [0.1, 0.15) is 55.5 Å². The van der Waals surface area contributed by atoms with E-state index >= 15 is 0 Å². The minimum absolute atomic E-state index is 0.112. The van der Waals surface area contributed by atoms with Gasteiger partial charge in [-0.2, -0.15) is 0 Å². The molecule has 1 aromatic rings. The van der Waals surface area contributed by atoms with E-state index in [-0.39, 0.29) is 17.6 Å². The van der Waals surface area contributed by atoms with Crippen LogP contribution in [0.15, 0.2) is 18.2 Å². The number of hydrogen-bond acceptors (Lipinski definition) is 4. The standard InChI is InChI=1S/C18H25NO5/c1-18(2,3)24-17(22)19-9-7-12(8-10-19)14-6-5-13(23-4)11-15(14)16(20)21/h5-6,11-12H,7-10H2,1-4H3,(H,20,21). The van der Waals surface area contributed by atoms with Gasteiger partial charge in [0.05, 0.1) is 12.7 Å². The highest BCUT2D eigenvalue weighted by molar-refractivity contribution is 5.90. The molecular formula is C18H25NO5. The fourth-order valence-electron chi connectivity index (χ4n) is 2.90. The molecule has 6 heteroatoms. The average molecular weight is 335 g/mol. The molecule has 0 atom stereocenters. The number of methoxy groups -OCH3 is 1. The van der Waals surface area contributed by atoms with E-state index < -0.39 is 11.6 Å². The second-order valence-corrected chi connectivity index (χ2v) is 7.00. The Morgan fingerprint density at radius 1 is 1.21 bits per heavy atom. The van der Waals surface area contributed by atoms with Crippen molar-refractivity contribution < 1.29 is 24.2 Å². The van der Waals surface area contributed by atoms with E-state index in [2.05, 4.69) is 0 Å². The quantitative estimate of drug-likeness (QED) is 0.915. The molecule has 0 aliphatic carbocycles. The number of nitrogens with zero attached hydrogens (tertiary/aromatic N) is 1. The zero-order chi connectivity index (χ0) is 17.9. The molecule has 6 nitrogen and oxygen atoms in total. The van der Waals surface area contributed by atoms with Gasteiger partial charge in [0.2, 0.25) is 0 Å². The summed E-state index contributed by atoms with van der Waals surface area (Å²) >= 11 is 0. The predicted molar refractivity (Wildman–Crippen MR) is 89.7 cm³/mol. The van der Waals surface area contributed by atoms with Gasteiger partial charge in [-0.15, -0.1) is 0 Å². The number of amides is 1. The van der Waals surface area contributed by atoms with Gasteiger partial charge in [0.15, 0.2) is 0 Å². The SMILES string of the molecule is COc1ccc(C2CCN(C(=O)OC(C)(C)C)CC2)c(C(=O)O)c1. The summed E-state index contributed by atoms with van der Waals surface area (Å²) in [6.07, 6.45) is 1.12. The van der Waals surface area contributed by atoms with E-state index in [1.165, 1.54) is 7.11 Å². The van der Waals surface area contributed by atoms with Gasteiger partial charge in [-0.1, -0.05) is 6.07 Å². The van der Waals surface area contributed by atoms with Gasteiger partial charge in [0.1, 0.15) is 11.4 Å². The molecule has 1 aliphatic heterocycles. The molecule has 1 aromatic carbocycles. The number of carbonyl (C=O) groups excluding carboxylic acids is 1. The van der Waals surface area contributed by atoms with Crippen molar-refractivity contribution in [2.75, 3.05) is 20.2 Å². The van der Waals surface area contributed by atoms with Crippen LogP contribution in [-0.4, -0.2) is 47.9 Å². The van der Waals surface area contributed by atoms with Crippen molar-refractivity contribution in [1.29, 1.82) is 0 Å². The van der Waals surface area contributed by atoms with Gasteiger partial charge in [-0.3, -0.25) is 0 Å². The van der Waals surface area contributed by atoms with Crippen LogP contribution in [0, 0.1) is 0 Å². The van der Waals surface area contributed by atoms with E-state index in [1.54, 1.807) is 17.0 Å². The summed E-state index contributed by atoms with van der Waals surface area (Å²) in [7, 11) is 1.51. The zero-order valence-electron chi connectivity index (χ0n) is 14.7. The number of benzene rings is 1. The Labute approximate surface area is 142 Å². The summed E-state index contributed by atoms with van der Waals surface area (Å²) in [6, 6.07) is 5.15. The third kappa shape index (κ3) is 4.40. The molecule has 1 fully saturated rings. The van der Waals surface area contributed by atoms with Crippen LogP contribution in [0.4, 0.5) is 4.79 Å². The highest BCUT2D eigenvalue weighted by Crippen LogP contribution is 2.32. The lowest BCUT2D eigenvalue weighted by Crippen LogP contribution is -2.41. The Bertz CT molecular complexity index is 612. The number of rotatable bonds is 3. The molecule has 1 heterocycles. The number of aromatic carboxylic acids is 1. The third-order valence-electron chi connectivity index (χ3n) is 4.08. The van der Waals surface area contributed by atoms with Crippen molar-refractivity contribution >= 4 is 12.1 Å². The molecule has 132 valence electrons. The number of hydrogen-bond donors (Lipinski definition) is 1. The molecule has 1 saturated heterocycles. The van der Waals surface area contributed by atoms with Crippen LogP contribution < -0.4 is 4.74 Å². The smallest absolute Gasteiger partial charge is 0.410 e. The summed E-state index contributed by atoms with van der Waals surface area (Å²) in [4.78, 5) is 25.3. The zero-order valence-corrected chi connectivity index (χ0v) is 14.7. The number of likely N-dealkylation sites (tertiary alicyclic amines) is 1. The molecule has 1 N–H and O–H groups in total. The molecule has 0 saturated carbocycles. The molecular weight excluding hydrogens is 310 g/mol. The van der Waals surface area contributed by atoms with Crippen molar-refractivity contribution in [1.82, 2.24) is 4.90 Å². The minimum atomic E-state index is -0.960. The lowest BCUT2D eigenvalue weighted by Gasteiger charge is -2.34. The van der Waals surface area contributed by atoms with E-state index in [1.807, 2.05) is 26.8 Å². The monoisotopic (exact) mass is 335 g/mol. The lowest BCUT2D eigenvalue weighted by molar-refractivity contribution is 0.0204. The molecule has 0 bridgehead atoms. The molecule has 1 aliphatic rings. The number of ether oxygens (including phenoxy) is 2. The first-order valence-electron chi connectivity index (χ1n) is 8.10. The Morgan fingerprint density at radius 3 is 2.33 bits per heavy atom. The first-order valence-corrected chi connectivity index (χ1v) is 8.10. The third-order valence-corrected chi connectivity index (χ3v) is 4.08. The highest BCUT2D eigenvalue weighted by Gasteiger charge is 2.29. The minimum Gasteiger partial charge on any atom is -0.497 e. The van der Waals surface area contributed by atoms with Crippen molar-refractivity contribution in [2.45, 2.75) is 45.1 Å². The first-order chi connectivity index (χ1) is 11.2. The molecule has 0 radical (unpaired) electrons. The molecule has 0 spiro atoms. The van der Waals surface area contributed by atoms with Crippen molar-refractivity contribution in [3.63, 3.8) is 0 Å². The second kappa shape index (κ2) is 7.11. The summed E-state index contributed by atoms with van der Waals surface area (Å²) in [5.41, 5.74) is 0.553. The van der Waals surface area contributed by atoms with Crippen LogP contribution in [0.5, 0.6) is 5.75 Å². The predicted octanol–water partition coefficient (Wildman–Crippen LogP) is 3.51. The summed E-state index contributed by atoms with van der Waals surface area (Å²) in [5, 5.41) is 9.44. The fourth-order valence-corrected chi connectivity index (χ4v) is 2.90. The van der Waals surface area contributed by atoms with E-state index in [4.69, 9.17) is 9.47 Å². The van der Waals surface area contributed by atoms with Crippen LogP contribution in [0.2, 0.25) is 0 Å². The van der Waals surface area contributed by atoms with E-state index in [0.717, 1.165) is 5.56 Å². The lowest BCUT2D eigenvalue weighted by atomic mass is 9.86. The average Bonchev–Trinajstić information content (AvgIpc) is 2.52. The van der Waals surface area contributed by atoms with Crippen molar-refractivity contribution in [2.24, 2.45) is 0 Å². The number of carboxylic acids is 1. The van der Waals surface area contributed by atoms with Gasteiger partial charge in [-0.25, -0.2) is 9.59 Å². The molecule has 0 aromatic heterocycles. The number of piperidine rings is 1. The Kier molecular flexibility index (Phi) is 5.36. The largest absolute Gasteiger partial charge is 0.497 e. The van der Waals surface area contributed by atoms with E-state index in [9.17, 15) is 14.7 Å². The van der Waals surface area contributed by atoms with Gasteiger partial charge in [0, 0.05) is 13.1 Å². The van der Waals surface area contributed by atoms with Gasteiger partial charge in [0.25, 0.3) is 0 Å². The molecule has 2 rings (SSSR count). The van der Waals surface area contributed by atoms with Crippen molar-refractivity contribution in [3.8, 4) is 5.75 Å². The maximum Gasteiger partial charge on any atom is 0.410 e. The highest BCUT2D eigenvalue weighted by atomic mass is 16.6. The Morgan fingerprint density at radius 2 is 1.83 bits per heavy atom. The maximum atomic E-state index is 12.1. The van der Waals surface area contributed by atoms with Crippen LogP contribution in [0.3, 0.4) is 0 Å². The van der Waals surface area contributed by atoms with Gasteiger partial charge < -0.3 is 19.5 Å². The van der Waals surface area contributed by atoms with Crippen LogP contribution >= 0.6 is 0 Å². The van der Waals surface area contributed by atoms with Crippen molar-refractivity contribution in [3.05, 3.63) is 29.3 Å². The Balaban J connectivity index is 2.07. The summed E-state index contributed by atoms with van der Waals surface area (Å²) in [6.45, 7) is 6.64.